The quantitative estimate of drug-likeness (QED) is 0.429. The summed E-state index contributed by atoms with van der Waals surface area (Å²) in [7, 11) is 1.58. The summed E-state index contributed by atoms with van der Waals surface area (Å²) in [5, 5.41) is 13.3. The van der Waals surface area contributed by atoms with Crippen LogP contribution in [0.4, 0.5) is 5.69 Å². The Morgan fingerprint density at radius 3 is 2.55 bits per heavy atom. The average Bonchev–Trinajstić information content (AvgIpc) is 2.74. The number of aryl methyl sites for hydroxylation is 1. The molecule has 29 heavy (non-hydrogen) atoms. The lowest BCUT2D eigenvalue weighted by atomic mass is 10.2. The van der Waals surface area contributed by atoms with E-state index in [1.165, 1.54) is 11.6 Å². The normalized spacial score (nSPS) is 10.7. The first kappa shape index (κ1) is 19.9. The van der Waals surface area contributed by atoms with Crippen LogP contribution in [-0.2, 0) is 6.61 Å². The van der Waals surface area contributed by atoms with Gasteiger partial charge in [0.15, 0.2) is 11.5 Å². The molecule has 0 heterocycles. The molecule has 0 bridgehead atoms. The molecule has 0 atom stereocenters. The summed E-state index contributed by atoms with van der Waals surface area (Å²) < 4.78 is 11.3. The third-order valence-corrected chi connectivity index (χ3v) is 4.26. The predicted octanol–water partition coefficient (Wildman–Crippen LogP) is 4.73. The fourth-order valence-electron chi connectivity index (χ4n) is 2.67. The Morgan fingerprint density at radius 2 is 1.83 bits per heavy atom. The molecule has 2 N–H and O–H groups in total. The molecule has 148 valence electrons. The van der Waals surface area contributed by atoms with Crippen molar-refractivity contribution < 1.29 is 19.4 Å². The summed E-state index contributed by atoms with van der Waals surface area (Å²) in [4.78, 5) is 11.2. The van der Waals surface area contributed by atoms with Crippen molar-refractivity contribution in [2.45, 2.75) is 13.5 Å². The zero-order valence-electron chi connectivity index (χ0n) is 16.3. The minimum absolute atomic E-state index is 0.155. The summed E-state index contributed by atoms with van der Waals surface area (Å²) in [5.41, 5.74) is 6.39. The SMILES string of the molecule is COc1cc(/C=N/Nc2ccccc2C(=O)O)ccc1OCc1ccc(C)cc1. The Kier molecular flexibility index (Phi) is 6.47. The van der Waals surface area contributed by atoms with E-state index in [-0.39, 0.29) is 5.56 Å². The van der Waals surface area contributed by atoms with Gasteiger partial charge in [-0.25, -0.2) is 4.79 Å². The van der Waals surface area contributed by atoms with Gasteiger partial charge in [-0.05, 0) is 48.4 Å². The molecule has 0 aromatic heterocycles. The van der Waals surface area contributed by atoms with Gasteiger partial charge in [0.1, 0.15) is 6.61 Å². The molecule has 0 radical (unpaired) electrons. The molecule has 0 saturated heterocycles. The molecule has 0 spiro atoms. The largest absolute Gasteiger partial charge is 0.493 e. The second-order valence-corrected chi connectivity index (χ2v) is 6.41. The molecule has 3 aromatic carbocycles. The number of hydrazone groups is 1. The van der Waals surface area contributed by atoms with Crippen molar-refractivity contribution >= 4 is 17.9 Å². The van der Waals surface area contributed by atoms with E-state index in [0.29, 0.717) is 23.8 Å². The fraction of sp³-hybridized carbons (Fsp3) is 0.130. The topological polar surface area (TPSA) is 80.2 Å². The highest BCUT2D eigenvalue weighted by Crippen LogP contribution is 2.28. The monoisotopic (exact) mass is 390 g/mol. The first-order valence-corrected chi connectivity index (χ1v) is 9.04. The number of anilines is 1. The molecule has 0 amide bonds. The van der Waals surface area contributed by atoms with Gasteiger partial charge in [0.25, 0.3) is 0 Å². The van der Waals surface area contributed by atoms with Crippen LogP contribution in [0, 0.1) is 6.92 Å². The number of hydrogen-bond acceptors (Lipinski definition) is 5. The van der Waals surface area contributed by atoms with Gasteiger partial charge in [0.2, 0.25) is 0 Å². The molecule has 3 aromatic rings. The standard InChI is InChI=1S/C23H22N2O4/c1-16-7-9-17(10-8-16)15-29-21-12-11-18(13-22(21)28-2)14-24-25-20-6-4-3-5-19(20)23(26)27/h3-14,25H,15H2,1-2H3,(H,26,27)/b24-14+. The van der Waals surface area contributed by atoms with Crippen LogP contribution < -0.4 is 14.9 Å². The molecule has 6 nitrogen and oxygen atoms in total. The number of carboxylic acids is 1. The highest BCUT2D eigenvalue weighted by atomic mass is 16.5. The van der Waals surface area contributed by atoms with Crippen molar-refractivity contribution in [2.24, 2.45) is 5.10 Å². The maximum Gasteiger partial charge on any atom is 0.337 e. The first-order chi connectivity index (χ1) is 14.1. The Hall–Kier alpha value is -3.80. The number of hydrogen-bond donors (Lipinski definition) is 2. The van der Waals surface area contributed by atoms with E-state index in [0.717, 1.165) is 11.1 Å². The number of nitrogens with one attached hydrogen (secondary N) is 1. The zero-order valence-corrected chi connectivity index (χ0v) is 16.3. The Labute approximate surface area is 169 Å². The molecule has 6 heteroatoms. The molecule has 0 fully saturated rings. The fourth-order valence-corrected chi connectivity index (χ4v) is 2.67. The maximum absolute atomic E-state index is 11.2. The van der Waals surface area contributed by atoms with Gasteiger partial charge in [-0.3, -0.25) is 5.43 Å². The molecule has 0 aliphatic carbocycles. The summed E-state index contributed by atoms with van der Waals surface area (Å²) in [5.74, 6) is 0.210. The molecule has 0 aliphatic rings. The number of benzene rings is 3. The lowest BCUT2D eigenvalue weighted by Crippen LogP contribution is -2.02. The van der Waals surface area contributed by atoms with Gasteiger partial charge in [0, 0.05) is 0 Å². The first-order valence-electron chi connectivity index (χ1n) is 9.04. The van der Waals surface area contributed by atoms with Crippen molar-refractivity contribution in [1.82, 2.24) is 0 Å². The van der Waals surface area contributed by atoms with Gasteiger partial charge in [0.05, 0.1) is 24.6 Å². The van der Waals surface area contributed by atoms with E-state index >= 15 is 0 Å². The van der Waals surface area contributed by atoms with E-state index in [4.69, 9.17) is 9.47 Å². The number of carbonyl (C=O) groups is 1. The highest BCUT2D eigenvalue weighted by Gasteiger charge is 2.08. The van der Waals surface area contributed by atoms with Crippen molar-refractivity contribution in [1.29, 1.82) is 0 Å². The predicted molar refractivity (Wildman–Crippen MR) is 113 cm³/mol. The second-order valence-electron chi connectivity index (χ2n) is 6.41. The third-order valence-electron chi connectivity index (χ3n) is 4.26. The van der Waals surface area contributed by atoms with Crippen molar-refractivity contribution in [3.05, 3.63) is 89.0 Å². The van der Waals surface area contributed by atoms with Crippen LogP contribution in [0.5, 0.6) is 11.5 Å². The van der Waals surface area contributed by atoms with Gasteiger partial charge < -0.3 is 14.6 Å². The van der Waals surface area contributed by atoms with E-state index in [1.54, 1.807) is 37.6 Å². The van der Waals surface area contributed by atoms with E-state index in [9.17, 15) is 9.90 Å². The van der Waals surface area contributed by atoms with Crippen molar-refractivity contribution in [2.75, 3.05) is 12.5 Å². The zero-order chi connectivity index (χ0) is 20.6. The molecule has 3 rings (SSSR count). The Balaban J connectivity index is 1.67. The maximum atomic E-state index is 11.2. The molecule has 0 saturated carbocycles. The smallest absolute Gasteiger partial charge is 0.337 e. The summed E-state index contributed by atoms with van der Waals surface area (Å²) in [6, 6.07) is 20.2. The van der Waals surface area contributed by atoms with Crippen LogP contribution in [0.25, 0.3) is 0 Å². The van der Waals surface area contributed by atoms with Crippen LogP contribution in [-0.4, -0.2) is 24.4 Å². The van der Waals surface area contributed by atoms with Crippen LogP contribution in [0.2, 0.25) is 0 Å². The number of ether oxygens (including phenoxy) is 2. The van der Waals surface area contributed by atoms with Gasteiger partial charge in [-0.2, -0.15) is 5.10 Å². The number of aromatic carboxylic acids is 1. The number of methoxy groups -OCH3 is 1. The number of para-hydroxylation sites is 1. The van der Waals surface area contributed by atoms with Crippen molar-refractivity contribution in [3.8, 4) is 11.5 Å². The van der Waals surface area contributed by atoms with E-state index in [1.807, 2.05) is 43.3 Å². The summed E-state index contributed by atoms with van der Waals surface area (Å²) >= 11 is 0. The van der Waals surface area contributed by atoms with Crippen molar-refractivity contribution in [3.63, 3.8) is 0 Å². The molecular weight excluding hydrogens is 368 g/mol. The number of carboxylic acid groups (broad SMARTS) is 1. The van der Waals surface area contributed by atoms with E-state index in [2.05, 4.69) is 10.5 Å². The third kappa shape index (κ3) is 5.35. The Morgan fingerprint density at radius 1 is 1.07 bits per heavy atom. The molecule has 0 unspecified atom stereocenters. The molecule has 0 aliphatic heterocycles. The highest BCUT2D eigenvalue weighted by molar-refractivity contribution is 5.94. The lowest BCUT2D eigenvalue weighted by Gasteiger charge is -2.11. The van der Waals surface area contributed by atoms with E-state index < -0.39 is 5.97 Å². The summed E-state index contributed by atoms with van der Waals surface area (Å²) in [6.07, 6.45) is 1.59. The molecular formula is C23H22N2O4. The minimum Gasteiger partial charge on any atom is -0.493 e. The van der Waals surface area contributed by atoms with Gasteiger partial charge in [-0.1, -0.05) is 42.0 Å². The minimum atomic E-state index is -1.01. The van der Waals surface area contributed by atoms with Gasteiger partial charge >= 0.3 is 5.97 Å². The number of rotatable bonds is 8. The summed E-state index contributed by atoms with van der Waals surface area (Å²) in [6.45, 7) is 2.49. The Bertz CT molecular complexity index is 1010. The van der Waals surface area contributed by atoms with Crippen LogP contribution in [0.3, 0.4) is 0 Å². The van der Waals surface area contributed by atoms with Crippen LogP contribution >= 0.6 is 0 Å². The van der Waals surface area contributed by atoms with Crippen LogP contribution in [0.1, 0.15) is 27.0 Å². The lowest BCUT2D eigenvalue weighted by molar-refractivity contribution is 0.0698. The average molecular weight is 390 g/mol. The van der Waals surface area contributed by atoms with Crippen LogP contribution in [0.15, 0.2) is 71.8 Å². The number of nitrogens with zero attached hydrogens (tertiary/aromatic N) is 1. The second kappa shape index (κ2) is 9.41. The van der Waals surface area contributed by atoms with Gasteiger partial charge in [-0.15, -0.1) is 0 Å².